The molecule has 1 heterocycles. The van der Waals surface area contributed by atoms with Crippen LogP contribution in [-0.2, 0) is 4.74 Å². The highest BCUT2D eigenvalue weighted by Gasteiger charge is 2.34. The maximum Gasteiger partial charge on any atom is 0.261 e. The molecule has 0 atom stereocenters. The van der Waals surface area contributed by atoms with E-state index in [1.807, 2.05) is 0 Å². The number of nitrogens with one attached hydrogen (secondary N) is 1. The minimum atomic E-state index is -0.205. The molecule has 0 fully saturated rings. The van der Waals surface area contributed by atoms with E-state index < -0.39 is 0 Å². The first-order chi connectivity index (χ1) is 9.65. The quantitative estimate of drug-likeness (QED) is 0.606. The summed E-state index contributed by atoms with van der Waals surface area (Å²) in [4.78, 5) is 25.6. The summed E-state index contributed by atoms with van der Waals surface area (Å²) in [5, 5.41) is 3.19. The number of benzene rings is 1. The Bertz CT molecular complexity index is 519. The van der Waals surface area contributed by atoms with Gasteiger partial charge in [-0.3, -0.25) is 14.5 Å². The minimum Gasteiger partial charge on any atom is -0.383 e. The molecule has 2 rings (SSSR count). The Balaban J connectivity index is 1.89. The number of amides is 2. The van der Waals surface area contributed by atoms with Crippen LogP contribution >= 0.6 is 15.9 Å². The van der Waals surface area contributed by atoms with Gasteiger partial charge in [-0.1, -0.05) is 15.9 Å². The SMILES string of the molecule is COCCNCCCN1C(=O)c2ccc(Br)cc2C1=O. The number of hydrogen-bond acceptors (Lipinski definition) is 4. The molecule has 0 bridgehead atoms. The van der Waals surface area contributed by atoms with Crippen LogP contribution in [0, 0.1) is 0 Å². The first kappa shape index (κ1) is 15.2. The fraction of sp³-hybridized carbons (Fsp3) is 0.429. The molecule has 1 aromatic carbocycles. The van der Waals surface area contributed by atoms with Gasteiger partial charge in [0.25, 0.3) is 11.8 Å². The number of halogens is 1. The van der Waals surface area contributed by atoms with Crippen LogP contribution in [0.15, 0.2) is 22.7 Å². The van der Waals surface area contributed by atoms with Crippen LogP contribution in [0.25, 0.3) is 0 Å². The number of imide groups is 1. The standard InChI is InChI=1S/C14H17BrN2O3/c1-20-8-6-16-5-2-7-17-13(18)11-4-3-10(15)9-12(11)14(17)19/h3-4,9,16H,2,5-8H2,1H3. The summed E-state index contributed by atoms with van der Waals surface area (Å²) in [7, 11) is 1.65. The van der Waals surface area contributed by atoms with Gasteiger partial charge >= 0.3 is 0 Å². The lowest BCUT2D eigenvalue weighted by Crippen LogP contribution is -2.33. The molecule has 1 aromatic rings. The number of ether oxygens (including phenoxy) is 1. The van der Waals surface area contributed by atoms with Crippen LogP contribution < -0.4 is 5.32 Å². The Morgan fingerprint density at radius 2 is 1.95 bits per heavy atom. The van der Waals surface area contributed by atoms with Crippen LogP contribution in [0.4, 0.5) is 0 Å². The molecule has 1 aliphatic rings. The lowest BCUT2D eigenvalue weighted by Gasteiger charge is -2.13. The van der Waals surface area contributed by atoms with E-state index in [9.17, 15) is 9.59 Å². The Kier molecular flexibility index (Phi) is 5.28. The van der Waals surface area contributed by atoms with Gasteiger partial charge in [0.15, 0.2) is 0 Å². The van der Waals surface area contributed by atoms with Crippen LogP contribution in [0.5, 0.6) is 0 Å². The molecule has 0 saturated heterocycles. The summed E-state index contributed by atoms with van der Waals surface area (Å²) in [6.07, 6.45) is 0.732. The first-order valence-electron chi connectivity index (χ1n) is 6.50. The third-order valence-electron chi connectivity index (χ3n) is 3.15. The number of carbonyl (C=O) groups excluding carboxylic acids is 2. The Morgan fingerprint density at radius 3 is 2.70 bits per heavy atom. The predicted molar refractivity (Wildman–Crippen MR) is 78.9 cm³/mol. The fourth-order valence-corrected chi connectivity index (χ4v) is 2.49. The van der Waals surface area contributed by atoms with Crippen molar-refractivity contribution in [3.63, 3.8) is 0 Å². The molecule has 1 aliphatic heterocycles. The van der Waals surface area contributed by atoms with E-state index in [1.54, 1.807) is 25.3 Å². The van der Waals surface area contributed by atoms with Crippen LogP contribution in [-0.4, -0.2) is 50.1 Å². The van der Waals surface area contributed by atoms with E-state index in [4.69, 9.17) is 4.74 Å². The van der Waals surface area contributed by atoms with Gasteiger partial charge in [-0.05, 0) is 31.2 Å². The third kappa shape index (κ3) is 3.26. The molecule has 0 unspecified atom stereocenters. The van der Waals surface area contributed by atoms with Crippen molar-refractivity contribution in [3.05, 3.63) is 33.8 Å². The van der Waals surface area contributed by atoms with Crippen molar-refractivity contribution in [1.29, 1.82) is 0 Å². The molecule has 0 aliphatic carbocycles. The summed E-state index contributed by atoms with van der Waals surface area (Å²) >= 11 is 3.32. The van der Waals surface area contributed by atoms with E-state index in [0.29, 0.717) is 24.3 Å². The van der Waals surface area contributed by atoms with Gasteiger partial charge in [0.1, 0.15) is 0 Å². The number of nitrogens with zero attached hydrogens (tertiary/aromatic N) is 1. The first-order valence-corrected chi connectivity index (χ1v) is 7.30. The molecule has 2 amide bonds. The molecular formula is C14H17BrN2O3. The van der Waals surface area contributed by atoms with Gasteiger partial charge in [-0.15, -0.1) is 0 Å². The molecule has 6 heteroatoms. The van der Waals surface area contributed by atoms with Crippen LogP contribution in [0.3, 0.4) is 0 Å². The molecule has 0 saturated carbocycles. The molecule has 108 valence electrons. The maximum absolute atomic E-state index is 12.2. The lowest BCUT2D eigenvalue weighted by atomic mass is 10.1. The van der Waals surface area contributed by atoms with Crippen molar-refractivity contribution >= 4 is 27.7 Å². The molecule has 20 heavy (non-hydrogen) atoms. The number of methoxy groups -OCH3 is 1. The molecule has 0 aromatic heterocycles. The number of fused-ring (bicyclic) bond motifs is 1. The summed E-state index contributed by atoms with van der Waals surface area (Å²) in [5.41, 5.74) is 0.974. The smallest absolute Gasteiger partial charge is 0.261 e. The van der Waals surface area contributed by atoms with Crippen molar-refractivity contribution in [2.24, 2.45) is 0 Å². The zero-order valence-electron chi connectivity index (χ0n) is 11.3. The highest BCUT2D eigenvalue weighted by Crippen LogP contribution is 2.25. The second-order valence-corrected chi connectivity index (χ2v) is 5.46. The van der Waals surface area contributed by atoms with Crippen molar-refractivity contribution in [3.8, 4) is 0 Å². The van der Waals surface area contributed by atoms with Gasteiger partial charge in [-0.25, -0.2) is 0 Å². The van der Waals surface area contributed by atoms with Gasteiger partial charge in [0.2, 0.25) is 0 Å². The molecular weight excluding hydrogens is 324 g/mol. The third-order valence-corrected chi connectivity index (χ3v) is 3.64. The summed E-state index contributed by atoms with van der Waals surface area (Å²) in [6.45, 7) is 2.61. The van der Waals surface area contributed by atoms with E-state index in [2.05, 4.69) is 21.2 Å². The maximum atomic E-state index is 12.2. The highest BCUT2D eigenvalue weighted by atomic mass is 79.9. The minimum absolute atomic E-state index is 0.200. The Morgan fingerprint density at radius 1 is 1.20 bits per heavy atom. The monoisotopic (exact) mass is 340 g/mol. The number of hydrogen-bond donors (Lipinski definition) is 1. The van der Waals surface area contributed by atoms with Crippen molar-refractivity contribution in [2.45, 2.75) is 6.42 Å². The molecule has 0 radical (unpaired) electrons. The van der Waals surface area contributed by atoms with E-state index in [-0.39, 0.29) is 11.8 Å². The average molecular weight is 341 g/mol. The van der Waals surface area contributed by atoms with Crippen molar-refractivity contribution in [1.82, 2.24) is 10.2 Å². The zero-order chi connectivity index (χ0) is 14.5. The molecule has 0 spiro atoms. The Hall–Kier alpha value is -1.24. The van der Waals surface area contributed by atoms with Gasteiger partial charge in [-0.2, -0.15) is 0 Å². The fourth-order valence-electron chi connectivity index (χ4n) is 2.13. The topological polar surface area (TPSA) is 58.6 Å². The molecule has 1 N–H and O–H groups in total. The van der Waals surface area contributed by atoms with Crippen LogP contribution in [0.1, 0.15) is 27.1 Å². The Labute approximate surface area is 126 Å². The summed E-state index contributed by atoms with van der Waals surface area (Å²) in [6, 6.07) is 5.17. The summed E-state index contributed by atoms with van der Waals surface area (Å²) in [5.74, 6) is -0.405. The van der Waals surface area contributed by atoms with Crippen molar-refractivity contribution < 1.29 is 14.3 Å². The van der Waals surface area contributed by atoms with Crippen molar-refractivity contribution in [2.75, 3.05) is 33.4 Å². The normalized spacial score (nSPS) is 14.0. The summed E-state index contributed by atoms with van der Waals surface area (Å²) < 4.78 is 5.73. The van der Waals surface area contributed by atoms with Gasteiger partial charge < -0.3 is 10.1 Å². The number of rotatable bonds is 7. The number of carbonyl (C=O) groups is 2. The highest BCUT2D eigenvalue weighted by molar-refractivity contribution is 9.10. The average Bonchev–Trinajstić information content (AvgIpc) is 2.67. The largest absolute Gasteiger partial charge is 0.383 e. The van der Waals surface area contributed by atoms with E-state index >= 15 is 0 Å². The van der Waals surface area contributed by atoms with Gasteiger partial charge in [0, 0.05) is 24.7 Å². The second kappa shape index (κ2) is 6.97. The molecule has 5 nitrogen and oxygen atoms in total. The predicted octanol–water partition coefficient (Wildman–Crippen LogP) is 1.67. The van der Waals surface area contributed by atoms with E-state index in [1.165, 1.54) is 4.90 Å². The lowest BCUT2D eigenvalue weighted by molar-refractivity contribution is 0.0652. The van der Waals surface area contributed by atoms with Crippen LogP contribution in [0.2, 0.25) is 0 Å². The zero-order valence-corrected chi connectivity index (χ0v) is 12.9. The second-order valence-electron chi connectivity index (χ2n) is 4.55. The van der Waals surface area contributed by atoms with E-state index in [0.717, 1.165) is 24.0 Å². The van der Waals surface area contributed by atoms with Gasteiger partial charge in [0.05, 0.1) is 17.7 Å².